The predicted molar refractivity (Wildman–Crippen MR) is 75.6 cm³/mol. The minimum Gasteiger partial charge on any atom is -0.469 e. The van der Waals surface area contributed by atoms with Crippen LogP contribution in [0, 0.1) is 11.8 Å². The molecule has 0 rings (SSSR count). The van der Waals surface area contributed by atoms with Gasteiger partial charge in [0.15, 0.2) is 0 Å². The molecule has 0 aromatic rings. The standard InChI is InChI=1S/C15H30O4/c1-12(11-13(2)14(16)17-6)9-7-8-10-18-19-15(3,4)5/h12-13H,7-11H2,1-6H3. The van der Waals surface area contributed by atoms with Gasteiger partial charge >= 0.3 is 5.97 Å². The molecule has 0 aliphatic rings. The maximum Gasteiger partial charge on any atom is 0.308 e. The van der Waals surface area contributed by atoms with Gasteiger partial charge in [-0.25, -0.2) is 9.78 Å². The van der Waals surface area contributed by atoms with Gasteiger partial charge in [0.05, 0.1) is 25.2 Å². The molecule has 0 aromatic heterocycles. The smallest absolute Gasteiger partial charge is 0.308 e. The molecular weight excluding hydrogens is 244 g/mol. The fourth-order valence-electron chi connectivity index (χ4n) is 1.89. The Bertz CT molecular complexity index is 245. The molecule has 0 spiro atoms. The molecule has 0 amide bonds. The van der Waals surface area contributed by atoms with Crippen molar-refractivity contribution >= 4 is 5.97 Å². The van der Waals surface area contributed by atoms with E-state index in [1.165, 1.54) is 7.11 Å². The third-order valence-corrected chi connectivity index (χ3v) is 2.84. The summed E-state index contributed by atoms with van der Waals surface area (Å²) in [5.41, 5.74) is -0.247. The molecule has 4 heteroatoms. The number of unbranched alkanes of at least 4 members (excludes halogenated alkanes) is 1. The van der Waals surface area contributed by atoms with Crippen LogP contribution in [0.3, 0.4) is 0 Å². The van der Waals surface area contributed by atoms with Crippen molar-refractivity contribution in [1.82, 2.24) is 0 Å². The lowest BCUT2D eigenvalue weighted by Crippen LogP contribution is -2.19. The zero-order valence-corrected chi connectivity index (χ0v) is 13.3. The van der Waals surface area contributed by atoms with E-state index in [1.54, 1.807) is 0 Å². The predicted octanol–water partition coefficient (Wildman–Crippen LogP) is 3.74. The van der Waals surface area contributed by atoms with Gasteiger partial charge in [-0.15, -0.1) is 0 Å². The summed E-state index contributed by atoms with van der Waals surface area (Å²) in [5, 5.41) is 0. The van der Waals surface area contributed by atoms with Crippen LogP contribution in [0.15, 0.2) is 0 Å². The second-order valence-electron chi connectivity index (χ2n) is 6.28. The first-order valence-electron chi connectivity index (χ1n) is 7.14. The zero-order valence-electron chi connectivity index (χ0n) is 13.3. The Morgan fingerprint density at radius 3 is 2.32 bits per heavy atom. The molecule has 0 bridgehead atoms. The Morgan fingerprint density at radius 1 is 1.16 bits per heavy atom. The van der Waals surface area contributed by atoms with E-state index < -0.39 is 0 Å². The highest BCUT2D eigenvalue weighted by molar-refractivity contribution is 5.71. The maximum absolute atomic E-state index is 11.3. The van der Waals surface area contributed by atoms with Crippen molar-refractivity contribution in [2.45, 2.75) is 65.9 Å². The topological polar surface area (TPSA) is 44.8 Å². The summed E-state index contributed by atoms with van der Waals surface area (Å²) in [6.45, 7) is 10.6. The summed E-state index contributed by atoms with van der Waals surface area (Å²) < 4.78 is 4.73. The molecule has 0 fully saturated rings. The van der Waals surface area contributed by atoms with Crippen molar-refractivity contribution in [2.75, 3.05) is 13.7 Å². The van der Waals surface area contributed by atoms with Gasteiger partial charge in [-0.2, -0.15) is 0 Å². The van der Waals surface area contributed by atoms with Crippen LogP contribution in [-0.4, -0.2) is 25.3 Å². The number of hydrogen-bond donors (Lipinski definition) is 0. The van der Waals surface area contributed by atoms with Gasteiger partial charge in [0, 0.05) is 0 Å². The van der Waals surface area contributed by atoms with E-state index in [9.17, 15) is 4.79 Å². The molecule has 0 saturated heterocycles. The van der Waals surface area contributed by atoms with Gasteiger partial charge in [-0.05, 0) is 39.5 Å². The molecule has 0 N–H and O–H groups in total. The van der Waals surface area contributed by atoms with Crippen LogP contribution in [0.4, 0.5) is 0 Å². The van der Waals surface area contributed by atoms with Crippen LogP contribution in [0.25, 0.3) is 0 Å². The molecule has 4 nitrogen and oxygen atoms in total. The molecule has 0 heterocycles. The van der Waals surface area contributed by atoms with Gasteiger partial charge in [0.1, 0.15) is 0 Å². The van der Waals surface area contributed by atoms with Crippen molar-refractivity contribution in [1.29, 1.82) is 0 Å². The first-order chi connectivity index (χ1) is 8.76. The normalized spacial score (nSPS) is 15.1. The van der Waals surface area contributed by atoms with Crippen molar-refractivity contribution in [3.63, 3.8) is 0 Å². The van der Waals surface area contributed by atoms with Crippen molar-refractivity contribution in [3.8, 4) is 0 Å². The molecule has 0 saturated carbocycles. The Labute approximate surface area is 117 Å². The fourth-order valence-corrected chi connectivity index (χ4v) is 1.89. The minimum absolute atomic E-state index is 0.0135. The average molecular weight is 274 g/mol. The van der Waals surface area contributed by atoms with E-state index >= 15 is 0 Å². The summed E-state index contributed by atoms with van der Waals surface area (Å²) in [5.74, 6) is 0.395. The van der Waals surface area contributed by atoms with Gasteiger partial charge in [-0.1, -0.05) is 26.7 Å². The third kappa shape index (κ3) is 11.0. The number of hydrogen-bond acceptors (Lipinski definition) is 4. The number of rotatable bonds is 9. The Kier molecular flexibility index (Phi) is 9.02. The highest BCUT2D eigenvalue weighted by Crippen LogP contribution is 2.18. The van der Waals surface area contributed by atoms with Crippen LogP contribution < -0.4 is 0 Å². The van der Waals surface area contributed by atoms with E-state index in [-0.39, 0.29) is 17.5 Å². The average Bonchev–Trinajstić information content (AvgIpc) is 2.31. The molecule has 2 atom stereocenters. The van der Waals surface area contributed by atoms with Crippen molar-refractivity contribution < 1.29 is 19.3 Å². The van der Waals surface area contributed by atoms with E-state index in [0.717, 1.165) is 25.7 Å². The number of carbonyl (C=O) groups is 1. The number of carbonyl (C=O) groups excluding carboxylic acids is 1. The Hall–Kier alpha value is -0.610. The monoisotopic (exact) mass is 274 g/mol. The summed E-state index contributed by atoms with van der Waals surface area (Å²) in [4.78, 5) is 21.6. The van der Waals surface area contributed by atoms with Crippen LogP contribution in [-0.2, 0) is 19.3 Å². The van der Waals surface area contributed by atoms with E-state index in [4.69, 9.17) is 14.5 Å². The van der Waals surface area contributed by atoms with E-state index in [2.05, 4.69) is 6.92 Å². The SMILES string of the molecule is COC(=O)C(C)CC(C)CCCCOOC(C)(C)C. The van der Waals surface area contributed by atoms with E-state index in [0.29, 0.717) is 12.5 Å². The second-order valence-corrected chi connectivity index (χ2v) is 6.28. The van der Waals surface area contributed by atoms with Gasteiger partial charge < -0.3 is 4.74 Å². The molecule has 0 aliphatic heterocycles. The maximum atomic E-state index is 11.3. The summed E-state index contributed by atoms with van der Waals surface area (Å²) in [7, 11) is 1.44. The second kappa shape index (κ2) is 9.32. The Balaban J connectivity index is 3.54. The molecule has 0 aliphatic carbocycles. The van der Waals surface area contributed by atoms with Crippen LogP contribution in [0.2, 0.25) is 0 Å². The van der Waals surface area contributed by atoms with Crippen LogP contribution >= 0.6 is 0 Å². The first kappa shape index (κ1) is 18.4. The molecule has 0 radical (unpaired) electrons. The first-order valence-corrected chi connectivity index (χ1v) is 7.14. The van der Waals surface area contributed by atoms with Crippen LogP contribution in [0.1, 0.15) is 60.3 Å². The Morgan fingerprint density at radius 2 is 1.79 bits per heavy atom. The molecule has 0 aromatic carbocycles. The molecule has 114 valence electrons. The number of ether oxygens (including phenoxy) is 1. The van der Waals surface area contributed by atoms with Crippen molar-refractivity contribution in [3.05, 3.63) is 0 Å². The summed E-state index contributed by atoms with van der Waals surface area (Å²) in [6, 6.07) is 0. The van der Waals surface area contributed by atoms with Gasteiger partial charge in [0.25, 0.3) is 0 Å². The van der Waals surface area contributed by atoms with Gasteiger partial charge in [-0.3, -0.25) is 4.79 Å². The highest BCUT2D eigenvalue weighted by atomic mass is 17.2. The molecule has 2 unspecified atom stereocenters. The largest absolute Gasteiger partial charge is 0.469 e. The van der Waals surface area contributed by atoms with Crippen molar-refractivity contribution in [2.24, 2.45) is 11.8 Å². The van der Waals surface area contributed by atoms with Gasteiger partial charge in [0.2, 0.25) is 0 Å². The minimum atomic E-state index is -0.247. The summed E-state index contributed by atoms with van der Waals surface area (Å²) in [6.07, 6.45) is 4.04. The molecular formula is C15H30O4. The van der Waals surface area contributed by atoms with E-state index in [1.807, 2.05) is 27.7 Å². The zero-order chi connectivity index (χ0) is 14.9. The van der Waals surface area contributed by atoms with Crippen LogP contribution in [0.5, 0.6) is 0 Å². The number of esters is 1. The summed E-state index contributed by atoms with van der Waals surface area (Å²) >= 11 is 0. The quantitative estimate of drug-likeness (QED) is 0.278. The molecule has 19 heavy (non-hydrogen) atoms. The lowest BCUT2D eigenvalue weighted by Gasteiger charge is -2.18. The fraction of sp³-hybridized carbons (Fsp3) is 0.933. The lowest BCUT2D eigenvalue weighted by atomic mass is 9.93. The third-order valence-electron chi connectivity index (χ3n) is 2.84. The number of methoxy groups -OCH3 is 1. The highest BCUT2D eigenvalue weighted by Gasteiger charge is 2.16. The lowest BCUT2D eigenvalue weighted by molar-refractivity contribution is -0.348.